The number of nitrogens with zero attached hydrogens (tertiary/aromatic N) is 4. The zero-order valence-corrected chi connectivity index (χ0v) is 17.8. The molecule has 0 spiro atoms. The van der Waals surface area contributed by atoms with Crippen molar-refractivity contribution in [3.63, 3.8) is 0 Å². The van der Waals surface area contributed by atoms with Crippen molar-refractivity contribution in [2.45, 2.75) is 25.8 Å². The Morgan fingerprint density at radius 2 is 1.97 bits per heavy atom. The molecule has 2 aromatic carbocycles. The minimum atomic E-state index is -0.106. The van der Waals surface area contributed by atoms with Crippen molar-refractivity contribution in [2.75, 3.05) is 13.7 Å². The van der Waals surface area contributed by atoms with Gasteiger partial charge in [0.05, 0.1) is 24.4 Å². The van der Waals surface area contributed by atoms with E-state index in [-0.39, 0.29) is 11.9 Å². The van der Waals surface area contributed by atoms with Gasteiger partial charge in [0.2, 0.25) is 0 Å². The highest BCUT2D eigenvalue weighted by molar-refractivity contribution is 5.94. The second-order valence-corrected chi connectivity index (χ2v) is 7.95. The van der Waals surface area contributed by atoms with Gasteiger partial charge in [-0.05, 0) is 43.5 Å². The van der Waals surface area contributed by atoms with Gasteiger partial charge in [0.1, 0.15) is 5.75 Å². The van der Waals surface area contributed by atoms with Crippen molar-refractivity contribution >= 4 is 16.8 Å². The van der Waals surface area contributed by atoms with Gasteiger partial charge in [0.15, 0.2) is 11.5 Å². The van der Waals surface area contributed by atoms with E-state index < -0.39 is 0 Å². The van der Waals surface area contributed by atoms with Crippen molar-refractivity contribution in [1.82, 2.24) is 19.8 Å². The van der Waals surface area contributed by atoms with Crippen LogP contribution in [0.25, 0.3) is 22.2 Å². The monoisotopic (exact) mass is 416 g/mol. The van der Waals surface area contributed by atoms with E-state index in [1.54, 1.807) is 13.2 Å². The minimum absolute atomic E-state index is 0.0346. The van der Waals surface area contributed by atoms with E-state index in [1.165, 1.54) is 0 Å². The fraction of sp³-hybridized carbons (Fsp3) is 0.292. The van der Waals surface area contributed by atoms with Gasteiger partial charge in [-0.25, -0.2) is 0 Å². The number of fused-ring (bicyclic) bond motifs is 1. The lowest BCUT2D eigenvalue weighted by Gasteiger charge is -2.24. The quantitative estimate of drug-likeness (QED) is 0.489. The maximum atomic E-state index is 13.2. The molecule has 4 aromatic rings. The standard InChI is InChI=1S/C24H24N4O3/c1-15-19-11-8-17(13-22(19)27(2)25-15)23-14-20(26-31-23)24(29)28-12-4-5-21(28)16-6-9-18(30-3)10-7-16/h6-11,13-14,21H,4-5,12H2,1-3H3. The second-order valence-electron chi connectivity index (χ2n) is 7.95. The van der Waals surface area contributed by atoms with Crippen LogP contribution < -0.4 is 4.74 Å². The van der Waals surface area contributed by atoms with E-state index >= 15 is 0 Å². The molecule has 7 nitrogen and oxygen atoms in total. The van der Waals surface area contributed by atoms with Crippen molar-refractivity contribution in [3.8, 4) is 17.1 Å². The zero-order chi connectivity index (χ0) is 21.5. The normalized spacial score (nSPS) is 16.2. The Morgan fingerprint density at radius 1 is 1.16 bits per heavy atom. The maximum Gasteiger partial charge on any atom is 0.276 e. The van der Waals surface area contributed by atoms with Gasteiger partial charge in [-0.3, -0.25) is 9.48 Å². The molecule has 2 aromatic heterocycles. The van der Waals surface area contributed by atoms with Crippen LogP contribution in [0.3, 0.4) is 0 Å². The summed E-state index contributed by atoms with van der Waals surface area (Å²) in [4.78, 5) is 15.1. The lowest BCUT2D eigenvalue weighted by Crippen LogP contribution is -2.30. The van der Waals surface area contributed by atoms with Crippen molar-refractivity contribution in [2.24, 2.45) is 7.05 Å². The average Bonchev–Trinajstić information content (AvgIpc) is 3.53. The van der Waals surface area contributed by atoms with Gasteiger partial charge in [0, 0.05) is 30.6 Å². The van der Waals surface area contributed by atoms with Crippen molar-refractivity contribution in [3.05, 3.63) is 65.5 Å². The molecule has 1 amide bonds. The Morgan fingerprint density at radius 3 is 2.74 bits per heavy atom. The maximum absolute atomic E-state index is 13.2. The van der Waals surface area contributed by atoms with Crippen LogP contribution in [0, 0.1) is 6.92 Å². The van der Waals surface area contributed by atoms with Gasteiger partial charge >= 0.3 is 0 Å². The molecular formula is C24H24N4O3. The Hall–Kier alpha value is -3.61. The topological polar surface area (TPSA) is 73.4 Å². The summed E-state index contributed by atoms with van der Waals surface area (Å²) in [6.07, 6.45) is 1.89. The molecule has 0 N–H and O–H groups in total. The lowest BCUT2D eigenvalue weighted by atomic mass is 10.0. The molecule has 0 bridgehead atoms. The number of rotatable bonds is 4. The highest BCUT2D eigenvalue weighted by atomic mass is 16.5. The first-order valence-corrected chi connectivity index (χ1v) is 10.4. The Bertz CT molecular complexity index is 1260. The molecule has 0 saturated carbocycles. The Balaban J connectivity index is 1.41. The summed E-state index contributed by atoms with van der Waals surface area (Å²) in [7, 11) is 3.57. The third-order valence-electron chi connectivity index (χ3n) is 6.06. The first-order valence-electron chi connectivity index (χ1n) is 10.4. The van der Waals surface area contributed by atoms with Crippen LogP contribution in [-0.2, 0) is 7.05 Å². The number of aromatic nitrogens is 3. The van der Waals surface area contributed by atoms with E-state index in [4.69, 9.17) is 9.26 Å². The predicted octanol–water partition coefficient (Wildman–Crippen LogP) is 4.52. The molecule has 7 heteroatoms. The van der Waals surface area contributed by atoms with E-state index in [1.807, 2.05) is 66.0 Å². The summed E-state index contributed by atoms with van der Waals surface area (Å²) in [5.41, 5.74) is 4.30. The number of benzene rings is 2. The predicted molar refractivity (Wildman–Crippen MR) is 117 cm³/mol. The molecule has 3 heterocycles. The molecule has 1 atom stereocenters. The number of carbonyl (C=O) groups excluding carboxylic acids is 1. The van der Waals surface area contributed by atoms with Gasteiger partial charge in [0.25, 0.3) is 5.91 Å². The number of carbonyl (C=O) groups is 1. The zero-order valence-electron chi connectivity index (χ0n) is 17.8. The van der Waals surface area contributed by atoms with Crippen LogP contribution in [-0.4, -0.2) is 39.4 Å². The molecule has 5 rings (SSSR count). The van der Waals surface area contributed by atoms with Crippen molar-refractivity contribution < 1.29 is 14.1 Å². The van der Waals surface area contributed by atoms with E-state index in [9.17, 15) is 4.79 Å². The van der Waals surface area contributed by atoms with Crippen LogP contribution in [0.15, 0.2) is 53.1 Å². The van der Waals surface area contributed by atoms with Gasteiger partial charge in [-0.1, -0.05) is 29.4 Å². The first-order chi connectivity index (χ1) is 15.0. The summed E-state index contributed by atoms with van der Waals surface area (Å²) in [6.45, 7) is 2.69. The third kappa shape index (κ3) is 3.36. The Kier molecular flexibility index (Phi) is 4.73. The fourth-order valence-electron chi connectivity index (χ4n) is 4.43. The highest BCUT2D eigenvalue weighted by Gasteiger charge is 2.32. The molecule has 0 aliphatic carbocycles. The molecule has 1 unspecified atom stereocenters. The SMILES string of the molecule is COc1ccc(C2CCCN2C(=O)c2cc(-c3ccc4c(C)nn(C)c4c3)on2)cc1. The van der Waals surface area contributed by atoms with Crippen molar-refractivity contribution in [1.29, 1.82) is 0 Å². The number of amides is 1. The molecule has 158 valence electrons. The molecule has 1 saturated heterocycles. The fourth-order valence-corrected chi connectivity index (χ4v) is 4.43. The average molecular weight is 416 g/mol. The molecule has 1 aliphatic rings. The number of methoxy groups -OCH3 is 1. The van der Waals surface area contributed by atoms with E-state index in [0.717, 1.165) is 46.3 Å². The molecular weight excluding hydrogens is 392 g/mol. The summed E-state index contributed by atoms with van der Waals surface area (Å²) in [5, 5.41) is 9.65. The molecule has 0 radical (unpaired) electrons. The number of aryl methyl sites for hydroxylation is 2. The summed E-state index contributed by atoms with van der Waals surface area (Å²) in [5.74, 6) is 1.27. The number of hydrogen-bond acceptors (Lipinski definition) is 5. The van der Waals surface area contributed by atoms with Crippen LogP contribution in [0.1, 0.15) is 40.6 Å². The summed E-state index contributed by atoms with van der Waals surface area (Å²) < 4.78 is 12.6. The molecule has 31 heavy (non-hydrogen) atoms. The Labute approximate surface area is 180 Å². The first kappa shape index (κ1) is 19.4. The lowest BCUT2D eigenvalue weighted by molar-refractivity contribution is 0.0725. The van der Waals surface area contributed by atoms with Gasteiger partial charge in [-0.2, -0.15) is 5.10 Å². The number of likely N-dealkylation sites (tertiary alicyclic amines) is 1. The minimum Gasteiger partial charge on any atom is -0.497 e. The van der Waals surface area contributed by atoms with Crippen LogP contribution >= 0.6 is 0 Å². The molecule has 1 aliphatic heterocycles. The largest absolute Gasteiger partial charge is 0.497 e. The summed E-state index contributed by atoms with van der Waals surface area (Å²) >= 11 is 0. The van der Waals surface area contributed by atoms with E-state index in [0.29, 0.717) is 18.0 Å². The smallest absolute Gasteiger partial charge is 0.276 e. The van der Waals surface area contributed by atoms with Crippen LogP contribution in [0.4, 0.5) is 0 Å². The molecule has 1 fully saturated rings. The number of ether oxygens (including phenoxy) is 1. The highest BCUT2D eigenvalue weighted by Crippen LogP contribution is 2.34. The third-order valence-corrected chi connectivity index (χ3v) is 6.06. The van der Waals surface area contributed by atoms with E-state index in [2.05, 4.69) is 10.3 Å². The van der Waals surface area contributed by atoms with Crippen LogP contribution in [0.2, 0.25) is 0 Å². The van der Waals surface area contributed by atoms with Crippen LogP contribution in [0.5, 0.6) is 5.75 Å². The van der Waals surface area contributed by atoms with Gasteiger partial charge < -0.3 is 14.2 Å². The second kappa shape index (κ2) is 7.58. The summed E-state index contributed by atoms with van der Waals surface area (Å²) in [6, 6.07) is 15.7. The number of hydrogen-bond donors (Lipinski definition) is 0. The van der Waals surface area contributed by atoms with Gasteiger partial charge in [-0.15, -0.1) is 0 Å².